The van der Waals surface area contributed by atoms with Crippen LogP contribution in [0.25, 0.3) is 5.95 Å². The fraction of sp³-hybridized carbons (Fsp3) is 0.529. The molecule has 1 saturated heterocycles. The predicted octanol–water partition coefficient (Wildman–Crippen LogP) is 1.78. The lowest BCUT2D eigenvalue weighted by atomic mass is 9.96. The summed E-state index contributed by atoms with van der Waals surface area (Å²) in [5.74, 6) is -1.47. The summed E-state index contributed by atoms with van der Waals surface area (Å²) in [6.45, 7) is 1.78. The molecule has 0 spiro atoms. The van der Waals surface area contributed by atoms with E-state index in [4.69, 9.17) is 0 Å². The van der Waals surface area contributed by atoms with Crippen molar-refractivity contribution in [2.75, 3.05) is 13.1 Å². The van der Waals surface area contributed by atoms with Gasteiger partial charge in [-0.1, -0.05) is 0 Å². The monoisotopic (exact) mass is 381 g/mol. The zero-order chi connectivity index (χ0) is 19.3. The highest BCUT2D eigenvalue weighted by Gasteiger charge is 2.42. The summed E-state index contributed by atoms with van der Waals surface area (Å²) in [5, 5.41) is 4.15. The van der Waals surface area contributed by atoms with E-state index in [9.17, 15) is 22.8 Å². The molecule has 0 atom stereocenters. The van der Waals surface area contributed by atoms with Crippen LogP contribution in [0.3, 0.4) is 0 Å². The average Bonchev–Trinajstić information content (AvgIpc) is 2.97. The zero-order valence-electron chi connectivity index (χ0n) is 14.6. The molecule has 2 aliphatic rings. The van der Waals surface area contributed by atoms with Gasteiger partial charge in [-0.15, -0.1) is 0 Å². The molecule has 0 bridgehead atoms. The summed E-state index contributed by atoms with van der Waals surface area (Å²) in [5.41, 5.74) is 1.97. The molecule has 1 aliphatic heterocycles. The van der Waals surface area contributed by atoms with Crippen LogP contribution in [0.5, 0.6) is 0 Å². The maximum Gasteiger partial charge on any atom is 0.391 e. The van der Waals surface area contributed by atoms with Crippen LogP contribution in [0.2, 0.25) is 0 Å². The van der Waals surface area contributed by atoms with E-state index in [1.54, 1.807) is 6.92 Å². The number of nitrogens with one attached hydrogen (secondary N) is 1. The molecular formula is C17H18F3N5O2. The lowest BCUT2D eigenvalue weighted by Gasteiger charge is -2.32. The van der Waals surface area contributed by atoms with Crippen molar-refractivity contribution in [2.45, 2.75) is 38.8 Å². The fourth-order valence-corrected chi connectivity index (χ4v) is 3.58. The molecule has 1 aliphatic carbocycles. The summed E-state index contributed by atoms with van der Waals surface area (Å²) in [6.07, 6.45) is -1.61. The first-order valence-electron chi connectivity index (χ1n) is 8.78. The van der Waals surface area contributed by atoms with Gasteiger partial charge in [-0.3, -0.25) is 14.6 Å². The number of aryl methyl sites for hydroxylation is 1. The van der Waals surface area contributed by atoms with Gasteiger partial charge in [0.25, 0.3) is 11.5 Å². The van der Waals surface area contributed by atoms with Crippen LogP contribution in [0.1, 0.15) is 40.2 Å². The van der Waals surface area contributed by atoms with Gasteiger partial charge in [0.1, 0.15) is 0 Å². The number of rotatable bonds is 2. The van der Waals surface area contributed by atoms with Crippen LogP contribution in [-0.4, -0.2) is 49.8 Å². The van der Waals surface area contributed by atoms with E-state index in [2.05, 4.69) is 15.1 Å². The molecule has 0 saturated carbocycles. The number of carbonyl (C=O) groups is 1. The van der Waals surface area contributed by atoms with Crippen molar-refractivity contribution in [2.24, 2.45) is 5.92 Å². The highest BCUT2D eigenvalue weighted by Crippen LogP contribution is 2.34. The van der Waals surface area contributed by atoms with Gasteiger partial charge in [0.2, 0.25) is 5.95 Å². The van der Waals surface area contributed by atoms with Crippen molar-refractivity contribution in [1.29, 1.82) is 0 Å². The quantitative estimate of drug-likeness (QED) is 0.860. The Labute approximate surface area is 152 Å². The molecule has 144 valence electrons. The molecule has 2 aromatic heterocycles. The minimum Gasteiger partial charge on any atom is -0.339 e. The van der Waals surface area contributed by atoms with Crippen molar-refractivity contribution in [3.05, 3.63) is 39.1 Å². The molecule has 0 unspecified atom stereocenters. The number of alkyl halides is 3. The number of piperidine rings is 1. The van der Waals surface area contributed by atoms with E-state index in [1.807, 2.05) is 0 Å². The van der Waals surface area contributed by atoms with Crippen LogP contribution in [0.4, 0.5) is 13.2 Å². The summed E-state index contributed by atoms with van der Waals surface area (Å²) in [6, 6.07) is 0. The molecule has 2 aromatic rings. The average molecular weight is 381 g/mol. The first kappa shape index (κ1) is 17.7. The van der Waals surface area contributed by atoms with Gasteiger partial charge in [-0.2, -0.15) is 18.3 Å². The number of aromatic amines is 1. The maximum atomic E-state index is 12.8. The van der Waals surface area contributed by atoms with E-state index >= 15 is 0 Å². The predicted molar refractivity (Wildman–Crippen MR) is 88.8 cm³/mol. The van der Waals surface area contributed by atoms with Gasteiger partial charge < -0.3 is 4.90 Å². The van der Waals surface area contributed by atoms with E-state index in [-0.39, 0.29) is 43.3 Å². The highest BCUT2D eigenvalue weighted by molar-refractivity contribution is 5.95. The lowest BCUT2D eigenvalue weighted by molar-refractivity contribution is -0.183. The largest absolute Gasteiger partial charge is 0.391 e. The van der Waals surface area contributed by atoms with Crippen LogP contribution in [-0.2, 0) is 12.8 Å². The molecule has 27 heavy (non-hydrogen) atoms. The zero-order valence-corrected chi connectivity index (χ0v) is 14.6. The van der Waals surface area contributed by atoms with Crippen molar-refractivity contribution < 1.29 is 18.0 Å². The topological polar surface area (TPSA) is 83.9 Å². The third-order valence-electron chi connectivity index (χ3n) is 5.39. The van der Waals surface area contributed by atoms with Gasteiger partial charge in [0, 0.05) is 18.7 Å². The van der Waals surface area contributed by atoms with Crippen molar-refractivity contribution in [3.63, 3.8) is 0 Å². The number of amides is 1. The summed E-state index contributed by atoms with van der Waals surface area (Å²) >= 11 is 0. The van der Waals surface area contributed by atoms with Crippen molar-refractivity contribution >= 4 is 5.91 Å². The first-order valence-corrected chi connectivity index (χ1v) is 8.78. The van der Waals surface area contributed by atoms with Gasteiger partial charge in [0.15, 0.2) is 0 Å². The number of nitrogens with zero attached hydrogens (tertiary/aromatic N) is 4. The molecule has 0 aromatic carbocycles. The second kappa shape index (κ2) is 6.21. The second-order valence-corrected chi connectivity index (χ2v) is 6.98. The SMILES string of the molecule is Cc1c(C(=O)N2CCC(C(F)(F)F)CC2)cnn1-c1nc2c(c(=O)[nH]1)CC2. The normalized spacial score (nSPS) is 17.6. The Balaban J connectivity index is 1.54. The Hall–Kier alpha value is -2.65. The Morgan fingerprint density at radius 3 is 2.52 bits per heavy atom. The first-order chi connectivity index (χ1) is 12.8. The smallest absolute Gasteiger partial charge is 0.339 e. The number of hydrogen-bond donors (Lipinski definition) is 1. The second-order valence-electron chi connectivity index (χ2n) is 6.98. The summed E-state index contributed by atoms with van der Waals surface area (Å²) in [7, 11) is 0. The summed E-state index contributed by atoms with van der Waals surface area (Å²) < 4.78 is 39.8. The molecule has 4 rings (SSSR count). The number of halogens is 3. The van der Waals surface area contributed by atoms with Crippen LogP contribution in [0.15, 0.2) is 11.0 Å². The van der Waals surface area contributed by atoms with Gasteiger partial charge in [-0.05, 0) is 32.6 Å². The third-order valence-corrected chi connectivity index (χ3v) is 5.39. The molecular weight excluding hydrogens is 363 g/mol. The van der Waals surface area contributed by atoms with Crippen LogP contribution in [0, 0.1) is 12.8 Å². The molecule has 1 N–H and O–H groups in total. The van der Waals surface area contributed by atoms with E-state index in [0.717, 1.165) is 12.1 Å². The summed E-state index contributed by atoms with van der Waals surface area (Å²) in [4.78, 5) is 33.2. The number of likely N-dealkylation sites (tertiary alicyclic amines) is 1. The minimum atomic E-state index is -4.22. The number of H-pyrrole nitrogens is 1. The molecule has 10 heteroatoms. The minimum absolute atomic E-state index is 0.0571. The molecule has 1 fully saturated rings. The Kier molecular flexibility index (Phi) is 4.08. The van der Waals surface area contributed by atoms with Crippen LogP contribution < -0.4 is 5.56 Å². The Bertz CT molecular complexity index is 954. The highest BCUT2D eigenvalue weighted by atomic mass is 19.4. The van der Waals surface area contributed by atoms with Crippen molar-refractivity contribution in [1.82, 2.24) is 24.6 Å². The van der Waals surface area contributed by atoms with Gasteiger partial charge in [-0.25, -0.2) is 9.67 Å². The van der Waals surface area contributed by atoms with E-state index in [0.29, 0.717) is 23.2 Å². The van der Waals surface area contributed by atoms with Gasteiger partial charge >= 0.3 is 6.18 Å². The Morgan fingerprint density at radius 2 is 1.96 bits per heavy atom. The van der Waals surface area contributed by atoms with Gasteiger partial charge in [0.05, 0.1) is 29.1 Å². The third kappa shape index (κ3) is 3.02. The molecule has 3 heterocycles. The molecule has 0 radical (unpaired) electrons. The Morgan fingerprint density at radius 1 is 1.26 bits per heavy atom. The lowest BCUT2D eigenvalue weighted by Crippen LogP contribution is -2.42. The van der Waals surface area contributed by atoms with E-state index in [1.165, 1.54) is 15.8 Å². The number of hydrogen-bond acceptors (Lipinski definition) is 4. The van der Waals surface area contributed by atoms with Crippen LogP contribution >= 0.6 is 0 Å². The van der Waals surface area contributed by atoms with Crippen molar-refractivity contribution in [3.8, 4) is 5.95 Å². The fourth-order valence-electron chi connectivity index (χ4n) is 3.58. The maximum absolute atomic E-state index is 12.8. The number of fused-ring (bicyclic) bond motifs is 1. The number of aromatic nitrogens is 4. The number of carbonyl (C=O) groups excluding carboxylic acids is 1. The standard InChI is InChI=1S/C17H18F3N5O2/c1-9-12(15(27)24-6-4-10(5-7-24)17(18,19)20)8-21-25(9)16-22-13-3-2-11(13)14(26)23-16/h8,10H,2-7H2,1H3,(H,22,23,26). The molecule has 7 nitrogen and oxygen atoms in total. The van der Waals surface area contributed by atoms with E-state index < -0.39 is 12.1 Å². The molecule has 1 amide bonds.